The van der Waals surface area contributed by atoms with E-state index < -0.39 is 0 Å². The molecular weight excluding hydrogens is 439 g/mol. The Morgan fingerprint density at radius 1 is 0.914 bits per heavy atom. The topological polar surface area (TPSA) is 39.2 Å². The fourth-order valence-corrected chi connectivity index (χ4v) is 4.92. The van der Waals surface area contributed by atoms with Crippen molar-refractivity contribution in [3.63, 3.8) is 0 Å². The Bertz CT molecular complexity index is 1200. The third-order valence-electron chi connectivity index (χ3n) is 6.82. The number of hydrazone groups is 1. The zero-order valence-corrected chi connectivity index (χ0v) is 20.1. The van der Waals surface area contributed by atoms with Crippen molar-refractivity contribution in [1.82, 2.24) is 14.8 Å². The highest BCUT2D eigenvalue weighted by molar-refractivity contribution is 6.03. The van der Waals surface area contributed by atoms with Crippen molar-refractivity contribution < 1.29 is 9.18 Å². The Hall–Kier alpha value is -3.35. The zero-order chi connectivity index (χ0) is 24.2. The van der Waals surface area contributed by atoms with Crippen LogP contribution in [-0.2, 0) is 11.3 Å². The van der Waals surface area contributed by atoms with Crippen LogP contribution in [0.4, 0.5) is 4.39 Å². The van der Waals surface area contributed by atoms with Gasteiger partial charge in [0.25, 0.3) is 5.91 Å². The normalized spacial score (nSPS) is 19.1. The van der Waals surface area contributed by atoms with Crippen LogP contribution in [0.1, 0.15) is 34.7 Å². The molecule has 5 nitrogen and oxygen atoms in total. The Kier molecular flexibility index (Phi) is 7.02. The summed E-state index contributed by atoms with van der Waals surface area (Å²) >= 11 is 0. The summed E-state index contributed by atoms with van der Waals surface area (Å²) in [5.74, 6) is -0.341. The number of hydrogen-bond acceptors (Lipinski definition) is 4. The van der Waals surface area contributed by atoms with Crippen molar-refractivity contribution in [1.29, 1.82) is 0 Å². The molecule has 6 heteroatoms. The number of nitrogens with zero attached hydrogens (tertiary/aromatic N) is 4. The van der Waals surface area contributed by atoms with Crippen LogP contribution < -0.4 is 0 Å². The van der Waals surface area contributed by atoms with Gasteiger partial charge in [-0.3, -0.25) is 14.6 Å². The molecule has 0 N–H and O–H groups in total. The number of halogens is 1. The number of carbonyl (C=O) groups is 1. The molecule has 1 fully saturated rings. The van der Waals surface area contributed by atoms with Crippen LogP contribution in [0.3, 0.4) is 0 Å². The molecule has 3 aromatic carbocycles. The predicted octanol–water partition coefficient (Wildman–Crippen LogP) is 4.63. The number of piperazine rings is 1. The van der Waals surface area contributed by atoms with Crippen LogP contribution in [-0.4, -0.2) is 59.2 Å². The van der Waals surface area contributed by atoms with Gasteiger partial charge < -0.3 is 0 Å². The number of aryl methyl sites for hydroxylation is 1. The molecule has 1 saturated heterocycles. The molecule has 0 aromatic heterocycles. The lowest BCUT2D eigenvalue weighted by Gasteiger charge is -2.35. The van der Waals surface area contributed by atoms with Crippen LogP contribution >= 0.6 is 0 Å². The van der Waals surface area contributed by atoms with Crippen molar-refractivity contribution in [3.05, 3.63) is 107 Å². The minimum atomic E-state index is -0.298. The molecule has 2 heterocycles. The summed E-state index contributed by atoms with van der Waals surface area (Å²) in [5.41, 5.74) is 5.10. The zero-order valence-electron chi connectivity index (χ0n) is 20.1. The van der Waals surface area contributed by atoms with Gasteiger partial charge in [-0.25, -0.2) is 9.40 Å². The van der Waals surface area contributed by atoms with Crippen molar-refractivity contribution in [3.8, 4) is 0 Å². The predicted molar refractivity (Wildman–Crippen MR) is 136 cm³/mol. The van der Waals surface area contributed by atoms with E-state index in [0.717, 1.165) is 55.1 Å². The summed E-state index contributed by atoms with van der Waals surface area (Å²) in [6.07, 6.45) is 0.573. The molecule has 2 aliphatic heterocycles. The highest BCUT2D eigenvalue weighted by Crippen LogP contribution is 2.33. The Labute approximate surface area is 206 Å². The van der Waals surface area contributed by atoms with E-state index in [0.29, 0.717) is 13.0 Å². The first-order valence-electron chi connectivity index (χ1n) is 12.3. The second-order valence-electron chi connectivity index (χ2n) is 9.47. The third kappa shape index (κ3) is 5.66. The molecule has 0 saturated carbocycles. The average molecular weight is 471 g/mol. The second kappa shape index (κ2) is 10.5. The van der Waals surface area contributed by atoms with Gasteiger partial charge in [0.15, 0.2) is 0 Å². The van der Waals surface area contributed by atoms with Crippen LogP contribution in [0.25, 0.3) is 0 Å². The molecule has 5 rings (SSSR count). The number of hydrogen-bond donors (Lipinski definition) is 0. The Morgan fingerprint density at radius 3 is 2.40 bits per heavy atom. The summed E-state index contributed by atoms with van der Waals surface area (Å²) in [7, 11) is 0. The third-order valence-corrected chi connectivity index (χ3v) is 6.82. The quantitative estimate of drug-likeness (QED) is 0.527. The van der Waals surface area contributed by atoms with Crippen LogP contribution in [0.15, 0.2) is 84.0 Å². The van der Waals surface area contributed by atoms with E-state index in [1.165, 1.54) is 17.7 Å². The van der Waals surface area contributed by atoms with Gasteiger partial charge in [-0.1, -0.05) is 72.3 Å². The molecule has 0 spiro atoms. The van der Waals surface area contributed by atoms with Gasteiger partial charge in [0, 0.05) is 39.1 Å². The lowest BCUT2D eigenvalue weighted by Crippen LogP contribution is -2.49. The monoisotopic (exact) mass is 470 g/mol. The average Bonchev–Trinajstić information content (AvgIpc) is 3.32. The van der Waals surface area contributed by atoms with E-state index in [9.17, 15) is 9.18 Å². The molecule has 35 heavy (non-hydrogen) atoms. The first kappa shape index (κ1) is 23.4. The minimum Gasteiger partial charge on any atom is -0.297 e. The molecular formula is C29H31FN4O. The van der Waals surface area contributed by atoms with Crippen molar-refractivity contribution in [2.45, 2.75) is 25.9 Å². The lowest BCUT2D eigenvalue weighted by molar-refractivity contribution is -0.134. The maximum absolute atomic E-state index is 14.0. The molecule has 0 unspecified atom stereocenters. The smallest absolute Gasteiger partial charge is 0.257 e. The molecule has 1 atom stereocenters. The molecule has 180 valence electrons. The van der Waals surface area contributed by atoms with Gasteiger partial charge in [-0.2, -0.15) is 5.10 Å². The Balaban J connectivity index is 1.28. The van der Waals surface area contributed by atoms with E-state index >= 15 is 0 Å². The van der Waals surface area contributed by atoms with Gasteiger partial charge in [0.1, 0.15) is 5.82 Å². The van der Waals surface area contributed by atoms with E-state index in [1.807, 2.05) is 37.3 Å². The lowest BCUT2D eigenvalue weighted by atomic mass is 9.97. The number of benzene rings is 3. The molecule has 3 aromatic rings. The summed E-state index contributed by atoms with van der Waals surface area (Å²) in [6.45, 7) is 6.82. The van der Waals surface area contributed by atoms with E-state index in [1.54, 1.807) is 11.1 Å². The molecule has 0 aliphatic carbocycles. The van der Waals surface area contributed by atoms with Gasteiger partial charge in [-0.05, 0) is 35.7 Å². The van der Waals surface area contributed by atoms with Gasteiger partial charge >= 0.3 is 0 Å². The standard InChI is InChI=1S/C29H31FN4O/c1-22-7-5-10-24(17-22)27-19-28(25-11-6-12-26(30)18-25)34(31-27)29(35)21-33-15-13-32(14-16-33)20-23-8-3-2-4-9-23/h2-12,17-18,28H,13-16,19-21H2,1H3/t28-/m1/s1. The van der Waals surface area contributed by atoms with E-state index in [4.69, 9.17) is 5.10 Å². The Morgan fingerprint density at radius 2 is 1.66 bits per heavy atom. The maximum Gasteiger partial charge on any atom is 0.257 e. The second-order valence-corrected chi connectivity index (χ2v) is 9.47. The van der Waals surface area contributed by atoms with Crippen molar-refractivity contribution in [2.24, 2.45) is 5.10 Å². The highest BCUT2D eigenvalue weighted by atomic mass is 19.1. The SMILES string of the molecule is Cc1cccc(C2=NN(C(=O)CN3CCN(Cc4ccccc4)CC3)[C@@H](c3cccc(F)c3)C2)c1. The van der Waals surface area contributed by atoms with Crippen LogP contribution in [0.5, 0.6) is 0 Å². The maximum atomic E-state index is 14.0. The van der Waals surface area contributed by atoms with Crippen molar-refractivity contribution >= 4 is 11.6 Å². The van der Waals surface area contributed by atoms with E-state index in [2.05, 4.69) is 40.1 Å². The first-order chi connectivity index (χ1) is 17.0. The van der Waals surface area contributed by atoms with Gasteiger partial charge in [0.2, 0.25) is 0 Å². The molecule has 1 amide bonds. The summed E-state index contributed by atoms with van der Waals surface area (Å²) in [6, 6.07) is 24.9. The number of rotatable bonds is 6. The molecule has 0 bridgehead atoms. The van der Waals surface area contributed by atoms with Gasteiger partial charge in [-0.15, -0.1) is 0 Å². The van der Waals surface area contributed by atoms with Crippen LogP contribution in [0, 0.1) is 12.7 Å². The largest absolute Gasteiger partial charge is 0.297 e. The molecule has 2 aliphatic rings. The highest BCUT2D eigenvalue weighted by Gasteiger charge is 2.34. The summed E-state index contributed by atoms with van der Waals surface area (Å²) in [5, 5.41) is 6.35. The fourth-order valence-electron chi connectivity index (χ4n) is 4.92. The molecule has 0 radical (unpaired) electrons. The minimum absolute atomic E-state index is 0.0431. The summed E-state index contributed by atoms with van der Waals surface area (Å²) in [4.78, 5) is 18.1. The van der Waals surface area contributed by atoms with Gasteiger partial charge in [0.05, 0.1) is 18.3 Å². The first-order valence-corrected chi connectivity index (χ1v) is 12.3. The number of carbonyl (C=O) groups excluding carboxylic acids is 1. The summed E-state index contributed by atoms with van der Waals surface area (Å²) < 4.78 is 14.0. The fraction of sp³-hybridized carbons (Fsp3) is 0.310. The van der Waals surface area contributed by atoms with E-state index in [-0.39, 0.29) is 17.8 Å². The van der Waals surface area contributed by atoms with Crippen molar-refractivity contribution in [2.75, 3.05) is 32.7 Å². The van der Waals surface area contributed by atoms with Crippen LogP contribution in [0.2, 0.25) is 0 Å². The number of amides is 1.